The predicted octanol–water partition coefficient (Wildman–Crippen LogP) is 1.53. The van der Waals surface area contributed by atoms with Gasteiger partial charge in [0.05, 0.1) is 6.04 Å². The summed E-state index contributed by atoms with van der Waals surface area (Å²) < 4.78 is 0. The van der Waals surface area contributed by atoms with E-state index in [2.05, 4.69) is 44.7 Å². The Balaban J connectivity index is 2.06. The minimum absolute atomic E-state index is 0.0498. The second kappa shape index (κ2) is 8.85. The molecule has 2 amide bonds. The van der Waals surface area contributed by atoms with Gasteiger partial charge in [-0.1, -0.05) is 12.1 Å². The van der Waals surface area contributed by atoms with E-state index in [4.69, 9.17) is 0 Å². The summed E-state index contributed by atoms with van der Waals surface area (Å²) in [5, 5.41) is 5.42. The summed E-state index contributed by atoms with van der Waals surface area (Å²) in [6.07, 6.45) is 2.35. The minimum Gasteiger partial charge on any atom is -0.378 e. The van der Waals surface area contributed by atoms with Gasteiger partial charge in [-0.15, -0.1) is 0 Å². The zero-order valence-corrected chi connectivity index (χ0v) is 15.7. The number of hydrogen-bond donors (Lipinski definition) is 2. The van der Waals surface area contributed by atoms with Crippen LogP contribution in [0.25, 0.3) is 0 Å². The van der Waals surface area contributed by atoms with Crippen LogP contribution in [-0.2, 0) is 9.59 Å². The monoisotopic (exact) mass is 346 g/mol. The number of benzene rings is 1. The molecule has 0 radical (unpaired) electrons. The maximum atomic E-state index is 12.0. The van der Waals surface area contributed by atoms with E-state index < -0.39 is 11.8 Å². The van der Waals surface area contributed by atoms with Gasteiger partial charge < -0.3 is 15.5 Å². The fourth-order valence-electron chi connectivity index (χ4n) is 3.10. The molecular weight excluding hydrogens is 316 g/mol. The lowest BCUT2D eigenvalue weighted by molar-refractivity contribution is -0.139. The Morgan fingerprint density at radius 1 is 1.08 bits per heavy atom. The zero-order valence-electron chi connectivity index (χ0n) is 15.7. The van der Waals surface area contributed by atoms with E-state index in [1.165, 1.54) is 12.8 Å². The van der Waals surface area contributed by atoms with Crippen molar-refractivity contribution >= 4 is 17.5 Å². The number of anilines is 1. The molecule has 2 rings (SSSR count). The number of amides is 2. The lowest BCUT2D eigenvalue weighted by Crippen LogP contribution is -2.45. The molecule has 2 N–H and O–H groups in total. The molecule has 1 aromatic rings. The average Bonchev–Trinajstić information content (AvgIpc) is 3.09. The molecule has 1 heterocycles. The van der Waals surface area contributed by atoms with Crippen LogP contribution in [0.5, 0.6) is 0 Å². The molecule has 1 saturated heterocycles. The van der Waals surface area contributed by atoms with E-state index in [-0.39, 0.29) is 12.1 Å². The first-order valence-electron chi connectivity index (χ1n) is 8.98. The molecule has 1 aliphatic heterocycles. The third kappa shape index (κ3) is 5.46. The van der Waals surface area contributed by atoms with Crippen molar-refractivity contribution in [1.82, 2.24) is 15.5 Å². The summed E-state index contributed by atoms with van der Waals surface area (Å²) in [5.74, 6) is -1.14. The zero-order chi connectivity index (χ0) is 18.4. The molecule has 0 unspecified atom stereocenters. The Labute approximate surface area is 150 Å². The highest BCUT2D eigenvalue weighted by Crippen LogP contribution is 2.26. The molecule has 1 aromatic carbocycles. The lowest BCUT2D eigenvalue weighted by atomic mass is 10.0. The van der Waals surface area contributed by atoms with Gasteiger partial charge in [-0.05, 0) is 57.5 Å². The average molecular weight is 346 g/mol. The second-order valence-electron chi connectivity index (χ2n) is 7.08. The molecule has 1 aliphatic rings. The third-order valence-electron chi connectivity index (χ3n) is 4.46. The predicted molar refractivity (Wildman–Crippen MR) is 101 cm³/mol. The highest BCUT2D eigenvalue weighted by Gasteiger charge is 2.25. The van der Waals surface area contributed by atoms with Crippen LogP contribution in [0.1, 0.15) is 38.3 Å². The summed E-state index contributed by atoms with van der Waals surface area (Å²) in [4.78, 5) is 28.3. The highest BCUT2D eigenvalue weighted by molar-refractivity contribution is 6.35. The van der Waals surface area contributed by atoms with Crippen molar-refractivity contribution < 1.29 is 9.59 Å². The molecule has 6 heteroatoms. The molecule has 0 saturated carbocycles. The fraction of sp³-hybridized carbons (Fsp3) is 0.579. The fourth-order valence-corrected chi connectivity index (χ4v) is 3.10. The van der Waals surface area contributed by atoms with E-state index in [1.807, 2.05) is 27.9 Å². The molecule has 1 fully saturated rings. The number of nitrogens with zero attached hydrogens (tertiary/aromatic N) is 2. The van der Waals surface area contributed by atoms with Gasteiger partial charge in [0.15, 0.2) is 0 Å². The van der Waals surface area contributed by atoms with Crippen LogP contribution in [-0.4, -0.2) is 56.5 Å². The SMILES string of the molecule is CC(C)NC(=O)C(=O)NC[C@H](c1ccc(N(C)C)cc1)N1CCCC1. The minimum atomic E-state index is -0.571. The Morgan fingerprint density at radius 2 is 1.68 bits per heavy atom. The number of carbonyl (C=O) groups excluding carboxylic acids is 2. The van der Waals surface area contributed by atoms with E-state index in [9.17, 15) is 9.59 Å². The first-order valence-corrected chi connectivity index (χ1v) is 8.98. The van der Waals surface area contributed by atoms with Crippen LogP contribution < -0.4 is 15.5 Å². The van der Waals surface area contributed by atoms with Crippen LogP contribution in [0.3, 0.4) is 0 Å². The molecule has 0 bridgehead atoms. The first kappa shape index (κ1) is 19.2. The summed E-state index contributed by atoms with van der Waals surface area (Å²) >= 11 is 0. The van der Waals surface area contributed by atoms with Gasteiger partial charge in [0, 0.05) is 32.4 Å². The van der Waals surface area contributed by atoms with Gasteiger partial charge >= 0.3 is 11.8 Å². The molecule has 138 valence electrons. The maximum absolute atomic E-state index is 12.0. The number of carbonyl (C=O) groups is 2. The topological polar surface area (TPSA) is 64.7 Å². The van der Waals surface area contributed by atoms with Gasteiger partial charge in [0.2, 0.25) is 0 Å². The molecule has 0 aromatic heterocycles. The number of rotatable bonds is 6. The Bertz CT molecular complexity index is 578. The standard InChI is InChI=1S/C19H30N4O2/c1-14(2)21-19(25)18(24)20-13-17(23-11-5-6-12-23)15-7-9-16(10-8-15)22(3)4/h7-10,14,17H,5-6,11-13H2,1-4H3,(H,20,24)(H,21,25)/t17-/m1/s1. The largest absolute Gasteiger partial charge is 0.378 e. The molecule has 6 nitrogen and oxygen atoms in total. The van der Waals surface area contributed by atoms with Crippen molar-refractivity contribution in [3.05, 3.63) is 29.8 Å². The summed E-state index contributed by atoms with van der Waals surface area (Å²) in [5.41, 5.74) is 2.31. The second-order valence-corrected chi connectivity index (χ2v) is 7.08. The van der Waals surface area contributed by atoms with Gasteiger partial charge in [-0.3, -0.25) is 14.5 Å². The van der Waals surface area contributed by atoms with Crippen molar-refractivity contribution in [3.63, 3.8) is 0 Å². The van der Waals surface area contributed by atoms with E-state index in [1.54, 1.807) is 0 Å². The third-order valence-corrected chi connectivity index (χ3v) is 4.46. The molecule has 1 atom stereocenters. The Morgan fingerprint density at radius 3 is 2.20 bits per heavy atom. The first-order chi connectivity index (χ1) is 11.9. The van der Waals surface area contributed by atoms with E-state index in [0.717, 1.165) is 24.3 Å². The van der Waals surface area contributed by atoms with Crippen molar-refractivity contribution in [2.45, 2.75) is 38.8 Å². The van der Waals surface area contributed by atoms with Crippen molar-refractivity contribution in [1.29, 1.82) is 0 Å². The number of hydrogen-bond acceptors (Lipinski definition) is 4. The van der Waals surface area contributed by atoms with Crippen LogP contribution >= 0.6 is 0 Å². The van der Waals surface area contributed by atoms with Crippen LogP contribution in [0.4, 0.5) is 5.69 Å². The van der Waals surface area contributed by atoms with Crippen molar-refractivity contribution in [2.75, 3.05) is 38.6 Å². The maximum Gasteiger partial charge on any atom is 0.309 e. The van der Waals surface area contributed by atoms with Crippen LogP contribution in [0.15, 0.2) is 24.3 Å². The van der Waals surface area contributed by atoms with E-state index in [0.29, 0.717) is 6.54 Å². The van der Waals surface area contributed by atoms with Gasteiger partial charge in [0.25, 0.3) is 0 Å². The molecule has 25 heavy (non-hydrogen) atoms. The van der Waals surface area contributed by atoms with Crippen LogP contribution in [0, 0.1) is 0 Å². The Kier molecular flexibility index (Phi) is 6.82. The molecular formula is C19H30N4O2. The van der Waals surface area contributed by atoms with Crippen LogP contribution in [0.2, 0.25) is 0 Å². The summed E-state index contributed by atoms with van der Waals surface area (Å²) in [6, 6.07) is 8.44. The smallest absolute Gasteiger partial charge is 0.309 e. The molecule has 0 spiro atoms. The van der Waals surface area contributed by atoms with Gasteiger partial charge in [-0.25, -0.2) is 0 Å². The normalized spacial score (nSPS) is 15.9. The lowest BCUT2D eigenvalue weighted by Gasteiger charge is -2.28. The number of nitrogens with one attached hydrogen (secondary N) is 2. The van der Waals surface area contributed by atoms with E-state index >= 15 is 0 Å². The quantitative estimate of drug-likeness (QED) is 0.767. The summed E-state index contributed by atoms with van der Waals surface area (Å²) in [7, 11) is 4.03. The van der Waals surface area contributed by atoms with Gasteiger partial charge in [0.1, 0.15) is 0 Å². The van der Waals surface area contributed by atoms with Crippen molar-refractivity contribution in [3.8, 4) is 0 Å². The highest BCUT2D eigenvalue weighted by atomic mass is 16.2. The van der Waals surface area contributed by atoms with Crippen molar-refractivity contribution in [2.24, 2.45) is 0 Å². The molecule has 0 aliphatic carbocycles. The Hall–Kier alpha value is -2.08. The van der Waals surface area contributed by atoms with Gasteiger partial charge in [-0.2, -0.15) is 0 Å². The number of likely N-dealkylation sites (tertiary alicyclic amines) is 1. The summed E-state index contributed by atoms with van der Waals surface area (Å²) in [6.45, 7) is 6.16.